The molecule has 1 aliphatic heterocycles. The predicted molar refractivity (Wildman–Crippen MR) is 130 cm³/mol. The van der Waals surface area contributed by atoms with Crippen LogP contribution in [0.5, 0.6) is 6.01 Å². The van der Waals surface area contributed by atoms with Crippen LogP contribution in [-0.4, -0.2) is 53.6 Å². The van der Waals surface area contributed by atoms with Gasteiger partial charge in [-0.3, -0.25) is 4.98 Å². The van der Waals surface area contributed by atoms with Crippen molar-refractivity contribution in [3.63, 3.8) is 0 Å². The van der Waals surface area contributed by atoms with E-state index in [9.17, 15) is 0 Å². The fraction of sp³-hybridized carbons (Fsp3) is 0.280. The zero-order chi connectivity index (χ0) is 23.8. The number of hydrogen-bond donors (Lipinski definition) is 0. The monoisotopic (exact) mass is 476 g/mol. The highest BCUT2D eigenvalue weighted by atomic mass is 35.5. The number of ether oxygens (including phenoxy) is 1. The Morgan fingerprint density at radius 3 is 2.79 bits per heavy atom. The maximum absolute atomic E-state index is 16.0. The normalized spacial score (nSPS) is 15.6. The van der Waals surface area contributed by atoms with E-state index in [4.69, 9.17) is 21.6 Å². The molecule has 0 aliphatic carbocycles. The Morgan fingerprint density at radius 1 is 1.26 bits per heavy atom. The Hall–Kier alpha value is -3.70. The maximum atomic E-state index is 16.0. The van der Waals surface area contributed by atoms with Crippen molar-refractivity contribution in [3.05, 3.63) is 53.4 Å². The molecular formula is C25H22ClFN6O. The van der Waals surface area contributed by atoms with E-state index in [2.05, 4.69) is 21.1 Å². The summed E-state index contributed by atoms with van der Waals surface area (Å²) < 4.78 is 21.3. The van der Waals surface area contributed by atoms with E-state index in [-0.39, 0.29) is 17.2 Å². The summed E-state index contributed by atoms with van der Waals surface area (Å²) in [4.78, 5) is 17.0. The van der Waals surface area contributed by atoms with Gasteiger partial charge in [0.05, 0.1) is 12.5 Å². The van der Waals surface area contributed by atoms with E-state index in [0.717, 1.165) is 23.7 Å². The first kappa shape index (κ1) is 22.1. The number of aromatic nitrogens is 3. The van der Waals surface area contributed by atoms with Crippen molar-refractivity contribution < 1.29 is 9.13 Å². The molecule has 1 saturated heterocycles. The number of anilines is 1. The zero-order valence-corrected chi connectivity index (χ0v) is 19.6. The van der Waals surface area contributed by atoms with Crippen LogP contribution in [0, 0.1) is 23.2 Å². The van der Waals surface area contributed by atoms with Crippen molar-refractivity contribution in [2.24, 2.45) is 5.92 Å². The molecule has 0 amide bonds. The van der Waals surface area contributed by atoms with Gasteiger partial charge in [0.1, 0.15) is 17.0 Å². The van der Waals surface area contributed by atoms with Gasteiger partial charge in [-0.05, 0) is 23.8 Å². The van der Waals surface area contributed by atoms with Crippen molar-refractivity contribution in [3.8, 4) is 23.5 Å². The molecular weight excluding hydrogens is 455 g/mol. The summed E-state index contributed by atoms with van der Waals surface area (Å²) >= 11 is 6.47. The second-order valence-corrected chi connectivity index (χ2v) is 8.85. The Kier molecular flexibility index (Phi) is 5.80. The number of pyridine rings is 1. The first-order valence-electron chi connectivity index (χ1n) is 10.9. The maximum Gasteiger partial charge on any atom is 0.318 e. The van der Waals surface area contributed by atoms with Crippen LogP contribution in [-0.2, 0) is 0 Å². The van der Waals surface area contributed by atoms with Crippen LogP contribution in [0.1, 0.15) is 6.42 Å². The first-order chi connectivity index (χ1) is 16.5. The molecule has 1 aliphatic rings. The van der Waals surface area contributed by atoms with Gasteiger partial charge in [0.15, 0.2) is 12.0 Å². The largest absolute Gasteiger partial charge is 0.467 e. The van der Waals surface area contributed by atoms with E-state index in [1.54, 1.807) is 23.2 Å². The molecule has 3 heterocycles. The summed E-state index contributed by atoms with van der Waals surface area (Å²) in [5.41, 5.74) is 0.895. The van der Waals surface area contributed by atoms with Crippen LogP contribution in [0.25, 0.3) is 32.9 Å². The van der Waals surface area contributed by atoms with Crippen molar-refractivity contribution in [1.29, 1.82) is 5.26 Å². The molecule has 0 radical (unpaired) electrons. The van der Waals surface area contributed by atoms with Gasteiger partial charge >= 0.3 is 6.01 Å². The van der Waals surface area contributed by atoms with Crippen LogP contribution in [0.2, 0.25) is 5.02 Å². The second kappa shape index (κ2) is 8.92. The van der Waals surface area contributed by atoms with Gasteiger partial charge < -0.3 is 14.5 Å². The average Bonchev–Trinajstić information content (AvgIpc) is 3.31. The molecule has 0 bridgehead atoms. The van der Waals surface area contributed by atoms with E-state index in [1.165, 1.54) is 7.11 Å². The molecule has 1 unspecified atom stereocenters. The number of fused-ring (bicyclic) bond motifs is 2. The number of nitrogens with zero attached hydrogens (tertiary/aromatic N) is 6. The minimum atomic E-state index is -0.559. The Balaban J connectivity index is 1.62. The van der Waals surface area contributed by atoms with Gasteiger partial charge in [0.25, 0.3) is 0 Å². The van der Waals surface area contributed by atoms with Crippen molar-refractivity contribution >= 4 is 39.1 Å². The number of methoxy groups -OCH3 is 1. The number of nitriles is 1. The van der Waals surface area contributed by atoms with Gasteiger partial charge in [0.2, 0.25) is 0 Å². The minimum absolute atomic E-state index is 0.0754. The predicted octanol–water partition coefficient (Wildman–Crippen LogP) is 4.89. The fourth-order valence-electron chi connectivity index (χ4n) is 4.63. The van der Waals surface area contributed by atoms with Gasteiger partial charge in [0, 0.05) is 48.9 Å². The van der Waals surface area contributed by atoms with E-state index >= 15 is 4.39 Å². The van der Waals surface area contributed by atoms with E-state index in [1.807, 2.05) is 36.2 Å². The molecule has 0 saturated carbocycles. The van der Waals surface area contributed by atoms with E-state index in [0.29, 0.717) is 40.8 Å². The van der Waals surface area contributed by atoms with Crippen LogP contribution in [0.3, 0.4) is 0 Å². The molecule has 2 aromatic heterocycles. The summed E-state index contributed by atoms with van der Waals surface area (Å²) in [7, 11) is 3.35. The molecule has 1 fully saturated rings. The Labute approximate surface area is 201 Å². The number of benzene rings is 2. The third-order valence-electron chi connectivity index (χ3n) is 6.26. The highest BCUT2D eigenvalue weighted by Gasteiger charge is 2.25. The lowest BCUT2D eigenvalue weighted by atomic mass is 10.0. The summed E-state index contributed by atoms with van der Waals surface area (Å²) in [5, 5.41) is 11.8. The standard InChI is InChI=1S/C25H22ClFN6O/c1-32(12-15-9-10-33(13-15)14-28)24-18-11-29-22(21(27)23(18)30-25(31-24)34-2)17-7-3-5-16-6-4-8-19(26)20(16)17/h3-8,11,15H,9-10,12-13H2,1-2H3. The smallest absolute Gasteiger partial charge is 0.318 e. The number of rotatable bonds is 5. The van der Waals surface area contributed by atoms with Crippen LogP contribution in [0.4, 0.5) is 10.2 Å². The molecule has 172 valence electrons. The van der Waals surface area contributed by atoms with Gasteiger partial charge in [-0.2, -0.15) is 15.2 Å². The fourth-order valence-corrected chi connectivity index (χ4v) is 4.91. The molecule has 34 heavy (non-hydrogen) atoms. The lowest BCUT2D eigenvalue weighted by molar-refractivity contribution is 0.381. The number of likely N-dealkylation sites (tertiary alicyclic amines) is 1. The SMILES string of the molecule is COc1nc(N(C)CC2CCN(C#N)C2)c2cnc(-c3cccc4cccc(Cl)c34)c(F)c2n1. The number of halogens is 2. The van der Waals surface area contributed by atoms with Crippen LogP contribution >= 0.6 is 11.6 Å². The van der Waals surface area contributed by atoms with Crippen molar-refractivity contribution in [2.45, 2.75) is 6.42 Å². The molecule has 4 aromatic rings. The third kappa shape index (κ3) is 3.82. The van der Waals surface area contributed by atoms with E-state index < -0.39 is 5.82 Å². The average molecular weight is 477 g/mol. The molecule has 5 rings (SSSR count). The van der Waals surface area contributed by atoms with Crippen molar-refractivity contribution in [2.75, 3.05) is 38.7 Å². The van der Waals surface area contributed by atoms with Gasteiger partial charge in [-0.15, -0.1) is 0 Å². The summed E-state index contributed by atoms with van der Waals surface area (Å²) in [6.45, 7) is 2.10. The topological polar surface area (TPSA) is 78.2 Å². The summed E-state index contributed by atoms with van der Waals surface area (Å²) in [6.07, 6.45) is 4.72. The summed E-state index contributed by atoms with van der Waals surface area (Å²) in [5.74, 6) is 0.276. The molecule has 0 spiro atoms. The summed E-state index contributed by atoms with van der Waals surface area (Å²) in [6, 6.07) is 11.2. The molecule has 1 atom stereocenters. The molecule has 0 N–H and O–H groups in total. The van der Waals surface area contributed by atoms with Crippen molar-refractivity contribution in [1.82, 2.24) is 19.9 Å². The van der Waals surface area contributed by atoms with Gasteiger partial charge in [-0.1, -0.05) is 41.9 Å². The number of hydrogen-bond acceptors (Lipinski definition) is 7. The molecule has 2 aromatic carbocycles. The van der Waals surface area contributed by atoms with Gasteiger partial charge in [-0.25, -0.2) is 4.39 Å². The minimum Gasteiger partial charge on any atom is -0.467 e. The molecule has 9 heteroatoms. The Morgan fingerprint density at radius 2 is 2.06 bits per heavy atom. The highest BCUT2D eigenvalue weighted by Crippen LogP contribution is 2.37. The lowest BCUT2D eigenvalue weighted by Crippen LogP contribution is -2.28. The quantitative estimate of drug-likeness (QED) is 0.379. The van der Waals surface area contributed by atoms with Crippen LogP contribution in [0.15, 0.2) is 42.6 Å². The third-order valence-corrected chi connectivity index (χ3v) is 6.57. The Bertz CT molecular complexity index is 1430. The lowest BCUT2D eigenvalue weighted by Gasteiger charge is -2.23. The second-order valence-electron chi connectivity index (χ2n) is 8.44. The zero-order valence-electron chi connectivity index (χ0n) is 18.8. The first-order valence-corrected chi connectivity index (χ1v) is 11.3. The highest BCUT2D eigenvalue weighted by molar-refractivity contribution is 6.36. The van der Waals surface area contributed by atoms with Crippen LogP contribution < -0.4 is 9.64 Å². The molecule has 7 nitrogen and oxygen atoms in total.